The lowest BCUT2D eigenvalue weighted by molar-refractivity contribution is 0.574. The molecule has 2 nitrogen and oxygen atoms in total. The number of hydrogen-bond acceptors (Lipinski definition) is 3. The van der Waals surface area contributed by atoms with Crippen LogP contribution in [-0.2, 0) is 0 Å². The van der Waals surface area contributed by atoms with Crippen molar-refractivity contribution in [2.45, 2.75) is 32.7 Å². The van der Waals surface area contributed by atoms with Gasteiger partial charge in [0.05, 0.1) is 5.69 Å². The summed E-state index contributed by atoms with van der Waals surface area (Å²) >= 11 is 1.56. The third-order valence-electron chi connectivity index (χ3n) is 2.94. The van der Waals surface area contributed by atoms with Crippen molar-refractivity contribution < 1.29 is 0 Å². The maximum Gasteiger partial charge on any atom is 0.0514 e. The molecule has 72 valence electrons. The van der Waals surface area contributed by atoms with E-state index in [9.17, 15) is 0 Å². The Morgan fingerprint density at radius 2 is 2.54 bits per heavy atom. The van der Waals surface area contributed by atoms with Crippen LogP contribution in [0.5, 0.6) is 0 Å². The van der Waals surface area contributed by atoms with Gasteiger partial charge in [-0.15, -0.1) is 0 Å². The van der Waals surface area contributed by atoms with E-state index in [1.165, 1.54) is 17.7 Å². The van der Waals surface area contributed by atoms with Gasteiger partial charge in [-0.25, -0.2) is 0 Å². The van der Waals surface area contributed by atoms with Gasteiger partial charge in [0.1, 0.15) is 0 Å². The molecular formula is C10H16N2S. The van der Waals surface area contributed by atoms with Gasteiger partial charge in [0.15, 0.2) is 0 Å². The highest BCUT2D eigenvalue weighted by molar-refractivity contribution is 7.05. The zero-order valence-corrected chi connectivity index (χ0v) is 8.97. The molecule has 0 aromatic carbocycles. The molecule has 1 aromatic heterocycles. The summed E-state index contributed by atoms with van der Waals surface area (Å²) in [5, 5.41) is 0. The molecule has 1 unspecified atom stereocenters. The van der Waals surface area contributed by atoms with Gasteiger partial charge < -0.3 is 5.73 Å². The van der Waals surface area contributed by atoms with Crippen LogP contribution in [-0.4, -0.2) is 4.37 Å². The van der Waals surface area contributed by atoms with Crippen LogP contribution in [0, 0.1) is 18.8 Å². The van der Waals surface area contributed by atoms with Crippen LogP contribution < -0.4 is 5.73 Å². The lowest BCUT2D eigenvalue weighted by atomic mass is 10.1. The van der Waals surface area contributed by atoms with Gasteiger partial charge in [-0.2, -0.15) is 4.37 Å². The number of aromatic nitrogens is 1. The molecule has 13 heavy (non-hydrogen) atoms. The molecular weight excluding hydrogens is 180 g/mol. The van der Waals surface area contributed by atoms with E-state index in [1.807, 2.05) is 6.92 Å². The van der Waals surface area contributed by atoms with E-state index >= 15 is 0 Å². The van der Waals surface area contributed by atoms with Gasteiger partial charge in [-0.3, -0.25) is 0 Å². The molecule has 0 radical (unpaired) electrons. The van der Waals surface area contributed by atoms with Crippen LogP contribution in [0.4, 0.5) is 0 Å². The second-order valence-electron chi connectivity index (χ2n) is 3.96. The van der Waals surface area contributed by atoms with Gasteiger partial charge in [0.2, 0.25) is 0 Å². The molecule has 0 aliphatic heterocycles. The number of aryl methyl sites for hydroxylation is 1. The molecule has 3 heteroatoms. The first-order valence-electron chi connectivity index (χ1n) is 4.91. The second-order valence-corrected chi connectivity index (χ2v) is 4.80. The Bertz CT molecular complexity index is 295. The SMILES string of the molecule is CC[C@@H]1C[C@H]1C(N)c1cc(C)ns1. The maximum absolute atomic E-state index is 6.15. The lowest BCUT2D eigenvalue weighted by Gasteiger charge is -2.06. The molecule has 1 aliphatic rings. The van der Waals surface area contributed by atoms with Crippen LogP contribution in [0.3, 0.4) is 0 Å². The normalized spacial score (nSPS) is 28.8. The fourth-order valence-electron chi connectivity index (χ4n) is 1.93. The summed E-state index contributed by atoms with van der Waals surface area (Å²) in [6.45, 7) is 4.27. The third kappa shape index (κ3) is 1.76. The largest absolute Gasteiger partial charge is 0.323 e. The predicted octanol–water partition coefficient (Wildman–Crippen LogP) is 2.50. The highest BCUT2D eigenvalue weighted by Crippen LogP contribution is 2.48. The van der Waals surface area contributed by atoms with E-state index in [1.54, 1.807) is 11.5 Å². The van der Waals surface area contributed by atoms with Crippen LogP contribution in [0.1, 0.15) is 36.4 Å². The van der Waals surface area contributed by atoms with E-state index in [-0.39, 0.29) is 6.04 Å². The van der Waals surface area contributed by atoms with Gasteiger partial charge in [0, 0.05) is 10.9 Å². The second kappa shape index (κ2) is 3.39. The summed E-state index contributed by atoms with van der Waals surface area (Å²) in [6.07, 6.45) is 2.59. The van der Waals surface area contributed by atoms with E-state index in [0.717, 1.165) is 17.5 Å². The van der Waals surface area contributed by atoms with E-state index in [0.29, 0.717) is 0 Å². The average molecular weight is 196 g/mol. The number of rotatable bonds is 3. The molecule has 1 fully saturated rings. The van der Waals surface area contributed by atoms with Crippen LogP contribution >= 0.6 is 11.5 Å². The van der Waals surface area contributed by atoms with Crippen molar-refractivity contribution in [2.24, 2.45) is 17.6 Å². The molecule has 3 atom stereocenters. The van der Waals surface area contributed by atoms with Gasteiger partial charge in [-0.1, -0.05) is 13.3 Å². The lowest BCUT2D eigenvalue weighted by Crippen LogP contribution is -2.11. The smallest absolute Gasteiger partial charge is 0.0514 e. The van der Waals surface area contributed by atoms with Crippen molar-refractivity contribution in [3.8, 4) is 0 Å². The summed E-state index contributed by atoms with van der Waals surface area (Å²) in [6, 6.07) is 2.37. The minimum absolute atomic E-state index is 0.246. The molecule has 2 N–H and O–H groups in total. The van der Waals surface area contributed by atoms with Crippen molar-refractivity contribution in [1.29, 1.82) is 0 Å². The molecule has 2 rings (SSSR count). The molecule has 0 spiro atoms. The van der Waals surface area contributed by atoms with Gasteiger partial charge in [-0.05, 0) is 42.8 Å². The molecule has 1 aromatic rings. The summed E-state index contributed by atoms with van der Waals surface area (Å²) < 4.78 is 4.26. The average Bonchev–Trinajstić information content (AvgIpc) is 2.80. The van der Waals surface area contributed by atoms with Crippen LogP contribution in [0.15, 0.2) is 6.07 Å². The third-order valence-corrected chi connectivity index (χ3v) is 3.92. The predicted molar refractivity (Wildman–Crippen MR) is 55.7 cm³/mol. The summed E-state index contributed by atoms with van der Waals surface area (Å²) in [7, 11) is 0. The first-order valence-corrected chi connectivity index (χ1v) is 5.68. The monoisotopic (exact) mass is 196 g/mol. The standard InChI is InChI=1S/C10H16N2S/c1-3-7-5-8(7)10(11)9-4-6(2)12-13-9/h4,7-8,10H,3,5,11H2,1-2H3/t7-,8-,10?/m1/s1. The van der Waals surface area contributed by atoms with E-state index in [4.69, 9.17) is 5.73 Å². The fourth-order valence-corrected chi connectivity index (χ4v) is 2.75. The molecule has 0 bridgehead atoms. The fraction of sp³-hybridized carbons (Fsp3) is 0.700. The van der Waals surface area contributed by atoms with Crippen molar-refractivity contribution in [2.75, 3.05) is 0 Å². The molecule has 1 heterocycles. The van der Waals surface area contributed by atoms with Crippen molar-refractivity contribution >= 4 is 11.5 Å². The highest BCUT2D eigenvalue weighted by atomic mass is 32.1. The van der Waals surface area contributed by atoms with Crippen LogP contribution in [0.2, 0.25) is 0 Å². The topological polar surface area (TPSA) is 38.9 Å². The number of nitrogens with zero attached hydrogens (tertiary/aromatic N) is 1. The minimum atomic E-state index is 0.246. The zero-order valence-electron chi connectivity index (χ0n) is 8.16. The van der Waals surface area contributed by atoms with Crippen molar-refractivity contribution in [3.63, 3.8) is 0 Å². The molecule has 1 saturated carbocycles. The van der Waals surface area contributed by atoms with Crippen molar-refractivity contribution in [3.05, 3.63) is 16.6 Å². The van der Waals surface area contributed by atoms with Crippen LogP contribution in [0.25, 0.3) is 0 Å². The van der Waals surface area contributed by atoms with Gasteiger partial charge >= 0.3 is 0 Å². The Morgan fingerprint density at radius 3 is 3.00 bits per heavy atom. The quantitative estimate of drug-likeness (QED) is 0.806. The number of hydrogen-bond donors (Lipinski definition) is 1. The Labute approximate surface area is 83.3 Å². The van der Waals surface area contributed by atoms with Crippen molar-refractivity contribution in [1.82, 2.24) is 4.37 Å². The van der Waals surface area contributed by atoms with Gasteiger partial charge in [0.25, 0.3) is 0 Å². The first-order chi connectivity index (χ1) is 6.22. The Kier molecular flexibility index (Phi) is 2.39. The Hall–Kier alpha value is -0.410. The molecule has 0 saturated heterocycles. The molecule has 0 amide bonds. The number of nitrogens with two attached hydrogens (primary N) is 1. The Morgan fingerprint density at radius 1 is 1.77 bits per heavy atom. The summed E-state index contributed by atoms with van der Waals surface area (Å²) in [5.74, 6) is 1.60. The van der Waals surface area contributed by atoms with E-state index < -0.39 is 0 Å². The maximum atomic E-state index is 6.15. The Balaban J connectivity index is 2.02. The minimum Gasteiger partial charge on any atom is -0.323 e. The first kappa shape index (κ1) is 9.16. The van der Waals surface area contributed by atoms with E-state index in [2.05, 4.69) is 17.4 Å². The molecule has 1 aliphatic carbocycles. The summed E-state index contributed by atoms with van der Waals surface area (Å²) in [4.78, 5) is 1.26. The zero-order chi connectivity index (χ0) is 9.42. The highest BCUT2D eigenvalue weighted by Gasteiger charge is 2.40. The summed E-state index contributed by atoms with van der Waals surface area (Å²) in [5.41, 5.74) is 7.25.